The number of amides is 1. The summed E-state index contributed by atoms with van der Waals surface area (Å²) >= 11 is 3.15. The third-order valence-electron chi connectivity index (χ3n) is 5.81. The molecule has 0 bridgehead atoms. The van der Waals surface area contributed by atoms with Gasteiger partial charge in [-0.05, 0) is 63.3 Å². The van der Waals surface area contributed by atoms with Crippen LogP contribution in [0, 0.1) is 6.92 Å². The molecule has 34 heavy (non-hydrogen) atoms. The Morgan fingerprint density at radius 2 is 2.00 bits per heavy atom. The Labute approximate surface area is 208 Å². The van der Waals surface area contributed by atoms with Crippen LogP contribution < -0.4 is 9.54 Å². The minimum absolute atomic E-state index is 0.207. The Morgan fingerprint density at radius 3 is 2.71 bits per heavy atom. The van der Waals surface area contributed by atoms with Crippen molar-refractivity contribution < 1.29 is 17.9 Å². The van der Waals surface area contributed by atoms with Gasteiger partial charge in [0.15, 0.2) is 4.80 Å². The van der Waals surface area contributed by atoms with Crippen molar-refractivity contribution in [3.05, 3.63) is 52.8 Å². The highest BCUT2D eigenvalue weighted by Crippen LogP contribution is 2.28. The van der Waals surface area contributed by atoms with E-state index in [-0.39, 0.29) is 4.90 Å². The topological polar surface area (TPSA) is 81.0 Å². The Bertz CT molecular complexity index is 1340. The van der Waals surface area contributed by atoms with Gasteiger partial charge in [-0.15, -0.1) is 0 Å². The van der Waals surface area contributed by atoms with E-state index in [1.165, 1.54) is 15.6 Å². The lowest BCUT2D eigenvalue weighted by Gasteiger charge is -2.21. The van der Waals surface area contributed by atoms with Gasteiger partial charge >= 0.3 is 0 Å². The first-order chi connectivity index (χ1) is 16.3. The number of thioether (sulfide) groups is 1. The number of thiazole rings is 1. The molecule has 1 fully saturated rings. The number of sulfonamides is 1. The minimum atomic E-state index is -3.77. The number of hydrogen-bond acceptors (Lipinski definition) is 6. The molecule has 0 spiro atoms. The van der Waals surface area contributed by atoms with Gasteiger partial charge in [0.2, 0.25) is 10.0 Å². The molecule has 182 valence electrons. The van der Waals surface area contributed by atoms with Crippen molar-refractivity contribution in [1.82, 2.24) is 8.87 Å². The first-order valence-corrected chi connectivity index (χ1v) is 14.9. The van der Waals surface area contributed by atoms with Crippen LogP contribution in [-0.2, 0) is 21.4 Å². The predicted octanol–water partition coefficient (Wildman–Crippen LogP) is 4.05. The molecule has 1 atom stereocenters. The Morgan fingerprint density at radius 1 is 1.24 bits per heavy atom. The predicted molar refractivity (Wildman–Crippen MR) is 138 cm³/mol. The summed E-state index contributed by atoms with van der Waals surface area (Å²) in [5.74, 6) is 1.23. The zero-order valence-corrected chi connectivity index (χ0v) is 22.0. The van der Waals surface area contributed by atoms with E-state index in [1.54, 1.807) is 36.0 Å². The van der Waals surface area contributed by atoms with Gasteiger partial charge in [0.05, 0.1) is 21.7 Å². The molecule has 1 unspecified atom stereocenters. The van der Waals surface area contributed by atoms with Gasteiger partial charge in [0.1, 0.15) is 11.8 Å². The lowest BCUT2D eigenvalue weighted by molar-refractivity contribution is -0.121. The zero-order valence-electron chi connectivity index (χ0n) is 19.6. The summed E-state index contributed by atoms with van der Waals surface area (Å²) in [6, 6.07) is 11.8. The highest BCUT2D eigenvalue weighted by atomic mass is 32.2. The zero-order chi connectivity index (χ0) is 24.3. The van der Waals surface area contributed by atoms with Crippen LogP contribution in [0.1, 0.15) is 25.3 Å². The van der Waals surface area contributed by atoms with Gasteiger partial charge in [-0.1, -0.05) is 29.0 Å². The average Bonchev–Trinajstić information content (AvgIpc) is 3.43. The number of benzene rings is 2. The Kier molecular flexibility index (Phi) is 7.81. The van der Waals surface area contributed by atoms with E-state index in [2.05, 4.69) is 4.99 Å². The molecule has 0 N–H and O–H groups in total. The molecule has 10 heteroatoms. The van der Waals surface area contributed by atoms with E-state index >= 15 is 0 Å². The molecule has 4 rings (SSSR count). The van der Waals surface area contributed by atoms with Crippen LogP contribution in [0.15, 0.2) is 52.4 Å². The SMILES string of the molecule is CCOc1ccc2c(c1)sc(=NC(=O)C1CCCN1S(=O)(=O)c1ccc(C)cc1)n2CCSC. The summed E-state index contributed by atoms with van der Waals surface area (Å²) in [5.41, 5.74) is 1.97. The lowest BCUT2D eigenvalue weighted by Crippen LogP contribution is -2.40. The summed E-state index contributed by atoms with van der Waals surface area (Å²) in [5, 5.41) is 0. The molecule has 0 aliphatic carbocycles. The average molecular weight is 520 g/mol. The summed E-state index contributed by atoms with van der Waals surface area (Å²) in [6.07, 6.45) is 3.14. The first-order valence-electron chi connectivity index (χ1n) is 11.3. The molecule has 2 aromatic carbocycles. The van der Waals surface area contributed by atoms with Crippen LogP contribution in [0.5, 0.6) is 5.75 Å². The maximum Gasteiger partial charge on any atom is 0.266 e. The second-order valence-electron chi connectivity index (χ2n) is 8.13. The molecule has 3 aromatic rings. The molecule has 1 aliphatic rings. The fourth-order valence-electron chi connectivity index (χ4n) is 4.08. The quantitative estimate of drug-likeness (QED) is 0.449. The van der Waals surface area contributed by atoms with Crippen molar-refractivity contribution >= 4 is 49.2 Å². The van der Waals surface area contributed by atoms with Crippen LogP contribution in [0.25, 0.3) is 10.2 Å². The fourth-order valence-corrected chi connectivity index (χ4v) is 7.19. The van der Waals surface area contributed by atoms with E-state index in [4.69, 9.17) is 4.74 Å². The summed E-state index contributed by atoms with van der Waals surface area (Å²) in [6.45, 7) is 5.45. The minimum Gasteiger partial charge on any atom is -0.494 e. The van der Waals surface area contributed by atoms with Crippen LogP contribution in [0.3, 0.4) is 0 Å². The maximum atomic E-state index is 13.3. The normalized spacial score (nSPS) is 17.5. The number of aryl methyl sites for hydroxylation is 2. The van der Waals surface area contributed by atoms with E-state index in [1.807, 2.05) is 42.9 Å². The van der Waals surface area contributed by atoms with Gasteiger partial charge in [-0.3, -0.25) is 4.79 Å². The van der Waals surface area contributed by atoms with Crippen molar-refractivity contribution in [3.63, 3.8) is 0 Å². The molecule has 0 radical (unpaired) electrons. The molecule has 1 aliphatic heterocycles. The van der Waals surface area contributed by atoms with Crippen LogP contribution in [0.4, 0.5) is 0 Å². The number of carbonyl (C=O) groups is 1. The monoisotopic (exact) mass is 519 g/mol. The Hall–Kier alpha value is -2.14. The van der Waals surface area contributed by atoms with Crippen LogP contribution >= 0.6 is 23.1 Å². The van der Waals surface area contributed by atoms with E-state index in [0.29, 0.717) is 37.3 Å². The third-order valence-corrected chi connectivity index (χ3v) is 9.36. The standard InChI is InChI=1S/C24H29N3O4S3/c1-4-31-18-9-12-20-22(16-18)33-24(26(20)14-15-32-3)25-23(28)21-6-5-13-27(21)34(29,30)19-10-7-17(2)8-11-19/h7-12,16,21H,4-6,13-15H2,1-3H3. The van der Waals surface area contributed by atoms with Crippen molar-refractivity contribution in [2.45, 2.75) is 44.2 Å². The number of ether oxygens (including phenoxy) is 1. The number of aromatic nitrogens is 1. The van der Waals surface area contributed by atoms with Gasteiger partial charge in [0, 0.05) is 18.8 Å². The van der Waals surface area contributed by atoms with Crippen molar-refractivity contribution in [3.8, 4) is 5.75 Å². The molecule has 7 nitrogen and oxygen atoms in total. The largest absolute Gasteiger partial charge is 0.494 e. The maximum absolute atomic E-state index is 13.3. The van der Waals surface area contributed by atoms with Crippen molar-refractivity contribution in [1.29, 1.82) is 0 Å². The van der Waals surface area contributed by atoms with Crippen LogP contribution in [-0.4, -0.2) is 54.4 Å². The second-order valence-corrected chi connectivity index (χ2v) is 12.0. The second kappa shape index (κ2) is 10.6. The molecule has 1 saturated heterocycles. The molecule has 1 aromatic heterocycles. The van der Waals surface area contributed by atoms with Gasteiger partial charge < -0.3 is 9.30 Å². The molecule has 2 heterocycles. The van der Waals surface area contributed by atoms with Crippen molar-refractivity contribution in [2.24, 2.45) is 4.99 Å². The number of rotatable bonds is 8. The summed E-state index contributed by atoms with van der Waals surface area (Å²) in [4.78, 5) is 18.6. The molecule has 1 amide bonds. The first kappa shape index (κ1) is 25.0. The van der Waals surface area contributed by atoms with Gasteiger partial charge in [0.25, 0.3) is 5.91 Å². The molecular formula is C24H29N3O4S3. The molecular weight excluding hydrogens is 490 g/mol. The van der Waals surface area contributed by atoms with E-state index in [0.717, 1.165) is 27.3 Å². The van der Waals surface area contributed by atoms with E-state index in [9.17, 15) is 13.2 Å². The number of nitrogens with zero attached hydrogens (tertiary/aromatic N) is 3. The summed E-state index contributed by atoms with van der Waals surface area (Å²) < 4.78 is 36.5. The number of hydrogen-bond donors (Lipinski definition) is 0. The van der Waals surface area contributed by atoms with Crippen molar-refractivity contribution in [2.75, 3.05) is 25.2 Å². The smallest absolute Gasteiger partial charge is 0.266 e. The highest BCUT2D eigenvalue weighted by Gasteiger charge is 2.39. The van der Waals surface area contributed by atoms with Gasteiger partial charge in [-0.2, -0.15) is 21.1 Å². The number of carbonyl (C=O) groups excluding carboxylic acids is 1. The van der Waals surface area contributed by atoms with Gasteiger partial charge in [-0.25, -0.2) is 8.42 Å². The fraction of sp³-hybridized carbons (Fsp3) is 0.417. The highest BCUT2D eigenvalue weighted by molar-refractivity contribution is 7.98. The van der Waals surface area contributed by atoms with E-state index < -0.39 is 22.0 Å². The Balaban J connectivity index is 1.70. The third kappa shape index (κ3) is 5.10. The molecule has 0 saturated carbocycles. The van der Waals surface area contributed by atoms with Crippen LogP contribution in [0.2, 0.25) is 0 Å². The summed E-state index contributed by atoms with van der Waals surface area (Å²) in [7, 11) is -3.77. The lowest BCUT2D eigenvalue weighted by atomic mass is 10.2. The number of fused-ring (bicyclic) bond motifs is 1.